The lowest BCUT2D eigenvalue weighted by Gasteiger charge is -2.06. The van der Waals surface area contributed by atoms with Gasteiger partial charge in [0.25, 0.3) is 5.09 Å². The number of carbonyl (C=O) groups excluding carboxylic acids is 1. The fraction of sp³-hybridized carbons (Fsp3) is 0.167. The van der Waals surface area contributed by atoms with Crippen LogP contribution in [0.3, 0.4) is 0 Å². The molecule has 3 N–H and O–H groups in total. The maximum Gasteiger partial charge on any atom is 0.294 e. The van der Waals surface area contributed by atoms with Crippen LogP contribution in [0.25, 0.3) is 0 Å². The fourth-order valence-electron chi connectivity index (χ4n) is 1.91. The third-order valence-corrected chi connectivity index (χ3v) is 4.44. The number of nitrogens with two attached hydrogens (primary N) is 1. The Morgan fingerprint density at radius 3 is 2.23 bits per heavy atom. The number of nitrogens with one attached hydrogen (secondary N) is 1. The van der Waals surface area contributed by atoms with Gasteiger partial charge in [0.1, 0.15) is 12.9 Å². The summed E-state index contributed by atoms with van der Waals surface area (Å²) in [6.45, 7) is 0.393. The van der Waals surface area contributed by atoms with E-state index in [-0.39, 0.29) is 6.61 Å². The van der Waals surface area contributed by atoms with Gasteiger partial charge in [0.15, 0.2) is 3.95 Å². The number of thiol groups is 1. The number of rotatable bonds is 6. The second-order valence-corrected chi connectivity index (χ2v) is 7.57. The van der Waals surface area contributed by atoms with Crippen molar-refractivity contribution in [3.05, 3.63) is 79.3 Å². The molecule has 0 saturated heterocycles. The molecule has 0 aliphatic carbocycles. The van der Waals surface area contributed by atoms with Crippen molar-refractivity contribution in [1.82, 2.24) is 10.2 Å². The van der Waals surface area contributed by atoms with E-state index in [1.807, 2.05) is 12.1 Å². The quantitative estimate of drug-likeness (QED) is 0.162. The summed E-state index contributed by atoms with van der Waals surface area (Å²) in [5, 5.41) is 15.8. The lowest BCUT2D eigenvalue weighted by atomic mass is 10.1. The Kier molecular flexibility index (Phi) is 12.0. The summed E-state index contributed by atoms with van der Waals surface area (Å²) in [5.41, 5.74) is 7.55. The van der Waals surface area contributed by atoms with Gasteiger partial charge in [-0.1, -0.05) is 47.7 Å². The number of nitrogen functional groups attached to an aromatic ring is 1. The van der Waals surface area contributed by atoms with Crippen LogP contribution in [0.5, 0.6) is 0 Å². The summed E-state index contributed by atoms with van der Waals surface area (Å²) >= 11 is 9.98. The molecule has 0 radical (unpaired) electrons. The van der Waals surface area contributed by atoms with Gasteiger partial charge >= 0.3 is 0 Å². The molecule has 0 unspecified atom stereocenters. The van der Waals surface area contributed by atoms with Crippen LogP contribution in [0.4, 0.5) is 5.13 Å². The summed E-state index contributed by atoms with van der Waals surface area (Å²) in [4.78, 5) is 25.2. The molecule has 0 saturated carbocycles. The number of hydrogen-bond donors (Lipinski definition) is 3. The number of aldehydes is 1. The molecule has 0 aliphatic heterocycles. The van der Waals surface area contributed by atoms with E-state index >= 15 is 0 Å². The number of hydrogen-bond acceptors (Lipinski definition) is 10. The van der Waals surface area contributed by atoms with Gasteiger partial charge in [-0.3, -0.25) is 9.89 Å². The molecule has 3 rings (SSSR count). The second kappa shape index (κ2) is 14.2. The third-order valence-electron chi connectivity index (χ3n) is 3.23. The van der Waals surface area contributed by atoms with Gasteiger partial charge in [0, 0.05) is 17.6 Å². The van der Waals surface area contributed by atoms with E-state index in [1.165, 1.54) is 11.3 Å². The average Bonchev–Trinajstić information content (AvgIpc) is 3.11. The minimum atomic E-state index is -0.802. The molecule has 1 aromatic heterocycles. The largest absolute Gasteiger partial charge is 0.380 e. The van der Waals surface area contributed by atoms with Crippen LogP contribution < -0.4 is 5.73 Å². The average molecular weight is 469 g/mol. The van der Waals surface area contributed by atoms with Crippen LogP contribution in [0, 0.1) is 14.1 Å². The first-order valence-corrected chi connectivity index (χ1v) is 9.91. The molecule has 1 heterocycles. The van der Waals surface area contributed by atoms with Crippen molar-refractivity contribution in [2.45, 2.75) is 18.1 Å². The van der Waals surface area contributed by atoms with E-state index in [4.69, 9.17) is 10.5 Å². The highest BCUT2D eigenvalue weighted by molar-refractivity contribution is 7.80. The molecule has 9 nitrogen and oxygen atoms in total. The van der Waals surface area contributed by atoms with E-state index in [1.54, 1.807) is 43.5 Å². The number of benzene rings is 2. The summed E-state index contributed by atoms with van der Waals surface area (Å²) in [5.74, 6) is 0. The van der Waals surface area contributed by atoms with Crippen LogP contribution in [-0.4, -0.2) is 28.7 Å². The van der Waals surface area contributed by atoms with Crippen LogP contribution in [0.15, 0.2) is 53.4 Å². The standard InChI is InChI=1S/C9H11NO4.C7H6OS.C2H3N3S2/c1-13-6-8-4-2-3-5-9(8)7-14-10(11)12;8-5-6-1-3-7(9)4-2-6;3-1-4-5-2(6)7-1/h2-5H,6-7H2,1H3;1-5,9H;(H2,3,4)(H,5,6). The molecule has 30 heavy (non-hydrogen) atoms. The monoisotopic (exact) mass is 468 g/mol. The minimum Gasteiger partial charge on any atom is -0.380 e. The first-order valence-electron chi connectivity index (χ1n) is 8.24. The Balaban J connectivity index is 0.000000241. The third kappa shape index (κ3) is 10.7. The number of methoxy groups -OCH3 is 1. The number of ether oxygens (including phenoxy) is 1. The summed E-state index contributed by atoms with van der Waals surface area (Å²) < 4.78 is 5.57. The Bertz CT molecular complexity index is 976. The fourth-order valence-corrected chi connectivity index (χ4v) is 2.73. The van der Waals surface area contributed by atoms with Crippen LogP contribution in [0.1, 0.15) is 21.5 Å². The lowest BCUT2D eigenvalue weighted by Crippen LogP contribution is -2.03. The van der Waals surface area contributed by atoms with E-state index < -0.39 is 5.09 Å². The Morgan fingerprint density at radius 1 is 1.23 bits per heavy atom. The lowest BCUT2D eigenvalue weighted by molar-refractivity contribution is -0.763. The SMILES string of the molecule is COCc1ccccc1CO[N+](=O)[O-].Nc1n[nH]c(=S)s1.O=Cc1ccc(S)cc1. The van der Waals surface area contributed by atoms with E-state index in [2.05, 4.69) is 39.9 Å². The summed E-state index contributed by atoms with van der Waals surface area (Å²) in [6.07, 6.45) is 0.813. The molecule has 0 aliphatic rings. The number of aromatic amines is 1. The Morgan fingerprint density at radius 2 is 1.83 bits per heavy atom. The van der Waals surface area contributed by atoms with Crippen molar-refractivity contribution >= 4 is 47.6 Å². The van der Waals surface area contributed by atoms with Crippen molar-refractivity contribution < 1.29 is 19.5 Å². The highest BCUT2D eigenvalue weighted by atomic mass is 32.1. The molecule has 2 aromatic carbocycles. The van der Waals surface area contributed by atoms with E-state index in [0.29, 0.717) is 21.3 Å². The Hall–Kier alpha value is -2.80. The highest BCUT2D eigenvalue weighted by Crippen LogP contribution is 2.11. The van der Waals surface area contributed by atoms with Crippen molar-refractivity contribution in [3.8, 4) is 0 Å². The van der Waals surface area contributed by atoms with Gasteiger partial charge < -0.3 is 15.3 Å². The van der Waals surface area contributed by atoms with Crippen LogP contribution in [0.2, 0.25) is 0 Å². The van der Waals surface area contributed by atoms with Gasteiger partial charge in [-0.2, -0.15) is 0 Å². The first kappa shape index (κ1) is 25.2. The molecule has 0 bridgehead atoms. The zero-order chi connectivity index (χ0) is 22.4. The summed E-state index contributed by atoms with van der Waals surface area (Å²) in [7, 11) is 1.57. The van der Waals surface area contributed by atoms with Gasteiger partial charge in [0.05, 0.1) is 6.61 Å². The molecule has 160 valence electrons. The molecule has 12 heteroatoms. The van der Waals surface area contributed by atoms with Gasteiger partial charge in [-0.25, -0.2) is 0 Å². The predicted octanol–water partition coefficient (Wildman–Crippen LogP) is 4.11. The molecular weight excluding hydrogens is 448 g/mol. The molecule has 0 amide bonds. The molecule has 0 spiro atoms. The number of H-pyrrole nitrogens is 1. The van der Waals surface area contributed by atoms with Crippen molar-refractivity contribution in [3.63, 3.8) is 0 Å². The zero-order valence-electron chi connectivity index (χ0n) is 15.9. The van der Waals surface area contributed by atoms with Crippen LogP contribution in [-0.2, 0) is 22.8 Å². The topological polar surface area (TPSA) is 133 Å². The van der Waals surface area contributed by atoms with Crippen molar-refractivity contribution in [2.24, 2.45) is 0 Å². The number of aromatic nitrogens is 2. The number of carbonyl (C=O) groups is 1. The van der Waals surface area contributed by atoms with Gasteiger partial charge in [0.2, 0.25) is 5.13 Å². The molecule has 0 fully saturated rings. The normalized spacial score (nSPS) is 9.40. The van der Waals surface area contributed by atoms with Crippen molar-refractivity contribution in [1.29, 1.82) is 0 Å². The minimum absolute atomic E-state index is 0.0352. The molecular formula is C18H20N4O5S3. The first-order chi connectivity index (χ1) is 14.3. The van der Waals surface area contributed by atoms with E-state index in [9.17, 15) is 14.9 Å². The smallest absolute Gasteiger partial charge is 0.294 e. The maximum atomic E-state index is 10.1. The number of anilines is 1. The van der Waals surface area contributed by atoms with Gasteiger partial charge in [-0.05, 0) is 35.5 Å². The summed E-state index contributed by atoms with van der Waals surface area (Å²) in [6, 6.07) is 14.3. The molecule has 0 atom stereocenters. The van der Waals surface area contributed by atoms with Crippen molar-refractivity contribution in [2.75, 3.05) is 12.8 Å². The predicted molar refractivity (Wildman–Crippen MR) is 120 cm³/mol. The highest BCUT2D eigenvalue weighted by Gasteiger charge is 2.03. The van der Waals surface area contributed by atoms with Gasteiger partial charge in [-0.15, -0.1) is 27.8 Å². The Labute approximate surface area is 187 Å². The molecule has 3 aromatic rings. The van der Waals surface area contributed by atoms with Crippen LogP contribution >= 0.6 is 36.2 Å². The second-order valence-electron chi connectivity index (χ2n) is 5.36. The number of nitrogens with zero attached hydrogens (tertiary/aromatic N) is 2. The zero-order valence-corrected chi connectivity index (χ0v) is 18.4. The maximum absolute atomic E-state index is 10.1. The van der Waals surface area contributed by atoms with E-state index in [0.717, 1.165) is 22.3 Å².